The molecule has 0 fully saturated rings. The zero-order valence-electron chi connectivity index (χ0n) is 15.5. The fourth-order valence-electron chi connectivity index (χ4n) is 2.81. The summed E-state index contributed by atoms with van der Waals surface area (Å²) in [7, 11) is 0. The van der Waals surface area contributed by atoms with Crippen molar-refractivity contribution in [3.63, 3.8) is 0 Å². The lowest BCUT2D eigenvalue weighted by atomic mass is 10.1. The Labute approximate surface area is 175 Å². The monoisotopic (exact) mass is 420 g/mol. The number of nitrogens with zero attached hydrogens (tertiary/aromatic N) is 3. The van der Waals surface area contributed by atoms with E-state index in [-0.39, 0.29) is 11.7 Å². The van der Waals surface area contributed by atoms with Crippen LogP contribution in [0.2, 0.25) is 0 Å². The number of benzene rings is 2. The van der Waals surface area contributed by atoms with Crippen LogP contribution in [0.1, 0.15) is 37.5 Å². The number of thiazole rings is 1. The van der Waals surface area contributed by atoms with Crippen molar-refractivity contribution in [2.45, 2.75) is 13.3 Å². The molecule has 2 aromatic heterocycles. The van der Waals surface area contributed by atoms with Crippen molar-refractivity contribution in [3.8, 4) is 11.3 Å². The maximum absolute atomic E-state index is 13.1. The molecule has 6 nitrogen and oxygen atoms in total. The van der Waals surface area contributed by atoms with Crippen molar-refractivity contribution >= 4 is 39.7 Å². The molecule has 0 bridgehead atoms. The molecule has 144 valence electrons. The lowest BCUT2D eigenvalue weighted by molar-refractivity contribution is 0.102. The zero-order valence-corrected chi connectivity index (χ0v) is 17.1. The van der Waals surface area contributed by atoms with E-state index in [1.54, 1.807) is 12.1 Å². The van der Waals surface area contributed by atoms with Crippen LogP contribution < -0.4 is 5.32 Å². The van der Waals surface area contributed by atoms with Crippen molar-refractivity contribution in [3.05, 3.63) is 81.7 Å². The summed E-state index contributed by atoms with van der Waals surface area (Å²) in [6, 6.07) is 18.5. The highest BCUT2D eigenvalue weighted by molar-refractivity contribution is 7.18. The molecule has 0 aliphatic carbocycles. The van der Waals surface area contributed by atoms with Crippen LogP contribution in [-0.4, -0.2) is 26.3 Å². The first kappa shape index (κ1) is 19.1. The lowest BCUT2D eigenvalue weighted by Gasteiger charge is -2.02. The summed E-state index contributed by atoms with van der Waals surface area (Å²) in [5.74, 6) is -0.444. The van der Waals surface area contributed by atoms with Gasteiger partial charge < -0.3 is 0 Å². The minimum absolute atomic E-state index is 0.129. The Hall–Kier alpha value is -3.23. The number of carbonyl (C=O) groups excluding carboxylic acids is 2. The van der Waals surface area contributed by atoms with Gasteiger partial charge in [-0.25, -0.2) is 4.98 Å². The average molecular weight is 421 g/mol. The number of aromatic nitrogens is 3. The molecule has 0 spiro atoms. The third-order valence-corrected chi connectivity index (χ3v) is 5.97. The highest BCUT2D eigenvalue weighted by atomic mass is 32.1. The van der Waals surface area contributed by atoms with Crippen molar-refractivity contribution in [2.24, 2.45) is 0 Å². The molecule has 4 rings (SSSR count). The maximum Gasteiger partial charge on any atom is 0.271 e. The minimum Gasteiger partial charge on any atom is -0.297 e. The Kier molecular flexibility index (Phi) is 5.55. The van der Waals surface area contributed by atoms with E-state index in [0.717, 1.165) is 17.1 Å². The van der Waals surface area contributed by atoms with Gasteiger partial charge in [0, 0.05) is 11.1 Å². The van der Waals surface area contributed by atoms with Crippen LogP contribution in [0.3, 0.4) is 0 Å². The van der Waals surface area contributed by atoms with Gasteiger partial charge in [-0.05, 0) is 18.0 Å². The van der Waals surface area contributed by atoms with E-state index in [2.05, 4.69) is 19.9 Å². The molecule has 4 aromatic rings. The van der Waals surface area contributed by atoms with Crippen molar-refractivity contribution in [1.29, 1.82) is 0 Å². The molecule has 0 aliphatic rings. The summed E-state index contributed by atoms with van der Waals surface area (Å²) in [4.78, 5) is 31.3. The van der Waals surface area contributed by atoms with Gasteiger partial charge in [0.25, 0.3) is 5.91 Å². The summed E-state index contributed by atoms with van der Waals surface area (Å²) < 4.78 is 3.85. The maximum atomic E-state index is 13.1. The molecular weight excluding hydrogens is 404 g/mol. The molecule has 0 saturated carbocycles. The van der Waals surface area contributed by atoms with E-state index in [0.29, 0.717) is 38.3 Å². The van der Waals surface area contributed by atoms with Crippen LogP contribution in [-0.2, 0) is 6.42 Å². The summed E-state index contributed by atoms with van der Waals surface area (Å²) in [5, 5.41) is 7.14. The predicted octanol–water partition coefficient (Wildman–Crippen LogP) is 4.71. The molecule has 2 heterocycles. The van der Waals surface area contributed by atoms with E-state index in [1.165, 1.54) is 11.3 Å². The van der Waals surface area contributed by atoms with E-state index >= 15 is 0 Å². The van der Waals surface area contributed by atoms with Crippen molar-refractivity contribution in [1.82, 2.24) is 14.6 Å². The molecule has 8 heteroatoms. The van der Waals surface area contributed by atoms with E-state index < -0.39 is 0 Å². The number of anilines is 1. The highest BCUT2D eigenvalue weighted by Gasteiger charge is 2.23. The third kappa shape index (κ3) is 3.98. The quantitative estimate of drug-likeness (QED) is 0.457. The molecular formula is C21H16N4O2S2. The van der Waals surface area contributed by atoms with Gasteiger partial charge >= 0.3 is 0 Å². The molecule has 1 N–H and O–H groups in total. The summed E-state index contributed by atoms with van der Waals surface area (Å²) in [6.45, 7) is 1.92. The molecule has 0 atom stereocenters. The first-order valence-corrected chi connectivity index (χ1v) is 10.5. The number of carbonyl (C=O) groups is 2. The number of aryl methyl sites for hydroxylation is 1. The smallest absolute Gasteiger partial charge is 0.271 e. The third-order valence-electron chi connectivity index (χ3n) is 4.23. The van der Waals surface area contributed by atoms with Gasteiger partial charge in [-0.3, -0.25) is 14.9 Å². The number of ketones is 1. The topological polar surface area (TPSA) is 84.8 Å². The second-order valence-electron chi connectivity index (χ2n) is 6.11. The highest BCUT2D eigenvalue weighted by Crippen LogP contribution is 2.33. The average Bonchev–Trinajstić information content (AvgIpc) is 3.41. The van der Waals surface area contributed by atoms with Crippen LogP contribution in [0.15, 0.2) is 60.7 Å². The molecule has 29 heavy (non-hydrogen) atoms. The van der Waals surface area contributed by atoms with Crippen LogP contribution >= 0.6 is 22.9 Å². The molecule has 0 aliphatic heterocycles. The first-order valence-electron chi connectivity index (χ1n) is 8.96. The van der Waals surface area contributed by atoms with Gasteiger partial charge in [0.15, 0.2) is 5.13 Å². The Balaban J connectivity index is 1.72. The molecule has 0 saturated heterocycles. The van der Waals surface area contributed by atoms with Gasteiger partial charge in [0.1, 0.15) is 9.75 Å². The number of hydrogen-bond donors (Lipinski definition) is 1. The zero-order chi connectivity index (χ0) is 20.2. The standard InChI is InChI=1S/C21H16N4O2S2/c1-2-15-18(29-25-24-15)20(27)23-21-22-16(13-9-5-3-6-10-13)19(28-21)17(26)14-11-7-4-8-12-14/h3-12H,2H2,1H3,(H,22,23,27). The summed E-state index contributed by atoms with van der Waals surface area (Å²) in [5.41, 5.74) is 2.59. The number of hydrogen-bond acceptors (Lipinski definition) is 7. The molecule has 2 aromatic carbocycles. The number of rotatable bonds is 6. The van der Waals surface area contributed by atoms with Crippen LogP contribution in [0.5, 0.6) is 0 Å². The lowest BCUT2D eigenvalue weighted by Crippen LogP contribution is -2.12. The van der Waals surface area contributed by atoms with Crippen LogP contribution in [0.4, 0.5) is 5.13 Å². The SMILES string of the molecule is CCc1nnsc1C(=O)Nc1nc(-c2ccccc2)c(C(=O)c2ccccc2)s1. The van der Waals surface area contributed by atoms with E-state index in [1.807, 2.05) is 55.5 Å². The summed E-state index contributed by atoms with van der Waals surface area (Å²) >= 11 is 2.22. The van der Waals surface area contributed by atoms with Gasteiger partial charge in [0.05, 0.1) is 11.4 Å². The molecule has 0 unspecified atom stereocenters. The Morgan fingerprint density at radius 1 is 0.966 bits per heavy atom. The Morgan fingerprint density at radius 2 is 1.66 bits per heavy atom. The Morgan fingerprint density at radius 3 is 2.34 bits per heavy atom. The second kappa shape index (κ2) is 8.42. The van der Waals surface area contributed by atoms with Gasteiger partial charge in [-0.1, -0.05) is 83.4 Å². The molecule has 1 amide bonds. The summed E-state index contributed by atoms with van der Waals surface area (Å²) in [6.07, 6.45) is 0.615. The van der Waals surface area contributed by atoms with E-state index in [4.69, 9.17) is 0 Å². The predicted molar refractivity (Wildman–Crippen MR) is 115 cm³/mol. The van der Waals surface area contributed by atoms with Gasteiger partial charge in [0.2, 0.25) is 5.78 Å². The van der Waals surface area contributed by atoms with Gasteiger partial charge in [-0.2, -0.15) is 0 Å². The first-order chi connectivity index (χ1) is 14.2. The van der Waals surface area contributed by atoms with Crippen LogP contribution in [0, 0.1) is 0 Å². The largest absolute Gasteiger partial charge is 0.297 e. The minimum atomic E-state index is -0.316. The van der Waals surface area contributed by atoms with E-state index in [9.17, 15) is 9.59 Å². The Bertz CT molecular complexity index is 1150. The van der Waals surface area contributed by atoms with Crippen molar-refractivity contribution in [2.75, 3.05) is 5.32 Å². The number of nitrogens with one attached hydrogen (secondary N) is 1. The van der Waals surface area contributed by atoms with Crippen molar-refractivity contribution < 1.29 is 9.59 Å². The fourth-order valence-corrected chi connectivity index (χ4v) is 4.40. The number of amides is 1. The van der Waals surface area contributed by atoms with Gasteiger partial charge in [-0.15, -0.1) is 5.10 Å². The fraction of sp³-hybridized carbons (Fsp3) is 0.0952. The normalized spacial score (nSPS) is 10.7. The van der Waals surface area contributed by atoms with Crippen LogP contribution in [0.25, 0.3) is 11.3 Å². The molecule has 0 radical (unpaired) electrons. The second-order valence-corrected chi connectivity index (χ2v) is 7.87.